The Morgan fingerprint density at radius 3 is 2.75 bits per heavy atom. The van der Waals surface area contributed by atoms with Gasteiger partial charge in [-0.15, -0.1) is 0 Å². The topological polar surface area (TPSA) is 109 Å². The maximum Gasteiger partial charge on any atom is 0.347 e. The minimum atomic E-state index is -0.586. The lowest BCUT2D eigenvalue weighted by molar-refractivity contribution is -0.143. The van der Waals surface area contributed by atoms with Gasteiger partial charge in [0.1, 0.15) is 17.8 Å². The van der Waals surface area contributed by atoms with Crippen LogP contribution in [0.4, 0.5) is 0 Å². The van der Waals surface area contributed by atoms with E-state index in [2.05, 4.69) is 22.5 Å². The molecule has 0 aliphatic carbocycles. The Balaban J connectivity index is 1.39. The number of nitrogens with one attached hydrogen (secondary N) is 3. The van der Waals surface area contributed by atoms with Crippen LogP contribution in [0.15, 0.2) is 36.5 Å². The predicted molar refractivity (Wildman–Crippen MR) is 135 cm³/mol. The molecule has 1 unspecified atom stereocenters. The van der Waals surface area contributed by atoms with Crippen molar-refractivity contribution in [1.29, 1.82) is 0 Å². The number of likely N-dealkylation sites (N-methyl/N-ethyl adjacent to an activating group) is 1. The number of carbonyl (C=O) groups excluding carboxylic acids is 3. The Kier molecular flexibility index (Phi) is 8.51. The molecule has 196 valence electrons. The minimum Gasteiger partial charge on any atom is -0.479 e. The number of benzene rings is 1. The number of hydrogen-bond donors (Lipinski definition) is 3. The average Bonchev–Trinajstić information content (AvgIpc) is 3.48. The molecule has 5 atom stereocenters. The van der Waals surface area contributed by atoms with E-state index >= 15 is 0 Å². The summed E-state index contributed by atoms with van der Waals surface area (Å²) >= 11 is 0. The Morgan fingerprint density at radius 2 is 2.00 bits per heavy atom. The molecule has 3 aliphatic rings. The molecule has 0 saturated carbocycles. The molecule has 3 saturated heterocycles. The third-order valence-corrected chi connectivity index (χ3v) is 7.48. The third kappa shape index (κ3) is 6.00. The zero-order chi connectivity index (χ0) is 25.7. The van der Waals surface area contributed by atoms with Crippen LogP contribution in [0, 0.1) is 0 Å². The second kappa shape index (κ2) is 11.8. The van der Waals surface area contributed by atoms with Gasteiger partial charge >= 0.3 is 5.97 Å². The smallest absolute Gasteiger partial charge is 0.347 e. The second-order valence-electron chi connectivity index (χ2n) is 9.94. The predicted octanol–water partition coefficient (Wildman–Crippen LogP) is 2.01. The van der Waals surface area contributed by atoms with Crippen LogP contribution in [0.3, 0.4) is 0 Å². The van der Waals surface area contributed by atoms with E-state index in [1.54, 1.807) is 6.07 Å². The summed E-state index contributed by atoms with van der Waals surface area (Å²) in [6.45, 7) is 6.77. The zero-order valence-corrected chi connectivity index (χ0v) is 21.3. The van der Waals surface area contributed by atoms with Gasteiger partial charge in [0.15, 0.2) is 6.10 Å². The fraction of sp³-hybridized carbons (Fsp3) is 0.593. The fourth-order valence-corrected chi connectivity index (χ4v) is 5.23. The lowest BCUT2D eigenvalue weighted by Crippen LogP contribution is -2.56. The van der Waals surface area contributed by atoms with Crippen LogP contribution in [-0.2, 0) is 25.7 Å². The van der Waals surface area contributed by atoms with Crippen LogP contribution >= 0.6 is 0 Å². The van der Waals surface area contributed by atoms with Crippen molar-refractivity contribution in [1.82, 2.24) is 20.9 Å². The highest BCUT2D eigenvalue weighted by Gasteiger charge is 2.43. The molecule has 3 heterocycles. The molecule has 9 heteroatoms. The number of fused-ring (bicyclic) bond motifs is 1. The van der Waals surface area contributed by atoms with Crippen molar-refractivity contribution in [2.24, 2.45) is 0 Å². The zero-order valence-electron chi connectivity index (χ0n) is 21.3. The van der Waals surface area contributed by atoms with E-state index in [4.69, 9.17) is 9.47 Å². The Morgan fingerprint density at radius 1 is 1.19 bits per heavy atom. The van der Waals surface area contributed by atoms with Gasteiger partial charge in [-0.25, -0.2) is 4.79 Å². The second-order valence-corrected chi connectivity index (χ2v) is 9.94. The summed E-state index contributed by atoms with van der Waals surface area (Å²) in [6.07, 6.45) is 5.12. The number of hydrogen-bond acceptors (Lipinski definition) is 7. The summed E-state index contributed by atoms with van der Waals surface area (Å²) in [7, 11) is 1.86. The van der Waals surface area contributed by atoms with Crippen LogP contribution in [0.5, 0.6) is 5.75 Å². The first kappa shape index (κ1) is 26.0. The van der Waals surface area contributed by atoms with E-state index in [0.29, 0.717) is 31.7 Å². The maximum absolute atomic E-state index is 13.6. The van der Waals surface area contributed by atoms with E-state index in [1.165, 1.54) is 0 Å². The van der Waals surface area contributed by atoms with E-state index in [1.807, 2.05) is 37.1 Å². The molecule has 3 N–H and O–H groups in total. The number of nitrogens with zero attached hydrogens (tertiary/aromatic N) is 1. The quantitative estimate of drug-likeness (QED) is 0.447. The first-order valence-corrected chi connectivity index (χ1v) is 13.0. The molecule has 2 amide bonds. The van der Waals surface area contributed by atoms with Crippen molar-refractivity contribution in [2.45, 2.75) is 88.7 Å². The standard InChI is InChI=1S/C27H38N4O5/c1-17(28-3)18(2)30-22-10-5-4-8-20-11-12-23(31(20)26(22)33)25(32)29-16-19-7-6-9-21(15-19)36-24-13-14-35-27(24)34/h6-7,9,15,17,20,22-24,28,30H,2,4-5,8,10-14,16H2,1,3H3,(H,29,32)/t17-,20-,22-,23-,24?/m0/s1. The van der Waals surface area contributed by atoms with Crippen molar-refractivity contribution < 1.29 is 23.9 Å². The van der Waals surface area contributed by atoms with Crippen molar-refractivity contribution in [3.63, 3.8) is 0 Å². The minimum absolute atomic E-state index is 0.0133. The van der Waals surface area contributed by atoms with Gasteiger partial charge < -0.3 is 30.3 Å². The molecule has 0 bridgehead atoms. The molecule has 0 spiro atoms. The van der Waals surface area contributed by atoms with Crippen molar-refractivity contribution in [3.05, 3.63) is 42.1 Å². The van der Waals surface area contributed by atoms with Gasteiger partial charge in [0.05, 0.1) is 6.61 Å². The average molecular weight is 499 g/mol. The summed E-state index contributed by atoms with van der Waals surface area (Å²) < 4.78 is 10.7. The van der Waals surface area contributed by atoms with Gasteiger partial charge in [-0.2, -0.15) is 0 Å². The Bertz CT molecular complexity index is 983. The fourth-order valence-electron chi connectivity index (χ4n) is 5.23. The molecular weight excluding hydrogens is 460 g/mol. The van der Waals surface area contributed by atoms with E-state index in [9.17, 15) is 14.4 Å². The number of ether oxygens (including phenoxy) is 2. The van der Waals surface area contributed by atoms with Gasteiger partial charge in [0.25, 0.3) is 0 Å². The van der Waals surface area contributed by atoms with Crippen molar-refractivity contribution in [2.75, 3.05) is 13.7 Å². The molecule has 9 nitrogen and oxygen atoms in total. The molecule has 36 heavy (non-hydrogen) atoms. The van der Waals surface area contributed by atoms with Gasteiger partial charge in [0.2, 0.25) is 11.8 Å². The Hall–Kier alpha value is -3.07. The normalized spacial score (nSPS) is 26.9. The molecule has 0 aromatic heterocycles. The molecule has 1 aromatic carbocycles. The van der Waals surface area contributed by atoms with E-state index < -0.39 is 12.1 Å². The van der Waals surface area contributed by atoms with Gasteiger partial charge in [-0.1, -0.05) is 31.6 Å². The lowest BCUT2D eigenvalue weighted by atomic mass is 9.98. The van der Waals surface area contributed by atoms with Crippen LogP contribution in [0.1, 0.15) is 57.4 Å². The van der Waals surface area contributed by atoms with Gasteiger partial charge in [-0.3, -0.25) is 9.59 Å². The molecule has 1 aromatic rings. The number of amides is 2. The summed E-state index contributed by atoms with van der Waals surface area (Å²) in [5.74, 6) is 0.0635. The first-order chi connectivity index (χ1) is 17.4. The largest absolute Gasteiger partial charge is 0.479 e. The van der Waals surface area contributed by atoms with Crippen LogP contribution < -0.4 is 20.7 Å². The van der Waals surface area contributed by atoms with Crippen molar-refractivity contribution >= 4 is 17.8 Å². The molecule has 3 aliphatic heterocycles. The Labute approximate surface area is 213 Å². The van der Waals surface area contributed by atoms with Crippen molar-refractivity contribution in [3.8, 4) is 5.75 Å². The van der Waals surface area contributed by atoms with Gasteiger partial charge in [-0.05, 0) is 57.4 Å². The summed E-state index contributed by atoms with van der Waals surface area (Å²) in [5, 5.41) is 9.49. The monoisotopic (exact) mass is 498 g/mol. The van der Waals surface area contributed by atoms with Gasteiger partial charge in [0, 0.05) is 30.7 Å². The van der Waals surface area contributed by atoms with Crippen LogP contribution in [0.2, 0.25) is 0 Å². The highest BCUT2D eigenvalue weighted by Crippen LogP contribution is 2.31. The highest BCUT2D eigenvalue weighted by atomic mass is 16.6. The summed E-state index contributed by atoms with van der Waals surface area (Å²) in [5.41, 5.74) is 1.64. The molecule has 3 fully saturated rings. The molecule has 4 rings (SSSR count). The number of esters is 1. The molecular formula is C27H38N4O5. The van der Waals surface area contributed by atoms with E-state index in [0.717, 1.165) is 43.4 Å². The maximum atomic E-state index is 13.6. The first-order valence-electron chi connectivity index (χ1n) is 13.0. The number of cyclic esters (lactones) is 1. The summed E-state index contributed by atoms with van der Waals surface area (Å²) in [6, 6.07) is 6.61. The SMILES string of the molecule is C=C(N[C@H]1CCCC[C@H]2CC[C@@H](C(=O)NCc3cccc(OC4CCOC4=O)c3)N2C1=O)[C@H](C)NC. The number of rotatable bonds is 9. The third-order valence-electron chi connectivity index (χ3n) is 7.48. The summed E-state index contributed by atoms with van der Waals surface area (Å²) in [4.78, 5) is 40.4. The van der Waals surface area contributed by atoms with Crippen LogP contribution in [0.25, 0.3) is 0 Å². The van der Waals surface area contributed by atoms with E-state index in [-0.39, 0.29) is 35.9 Å². The highest BCUT2D eigenvalue weighted by molar-refractivity contribution is 5.91. The van der Waals surface area contributed by atoms with Crippen LogP contribution in [-0.4, -0.2) is 66.6 Å². The number of carbonyl (C=O) groups is 3. The lowest BCUT2D eigenvalue weighted by Gasteiger charge is -2.36. The molecule has 0 radical (unpaired) electrons.